The van der Waals surface area contributed by atoms with Crippen LogP contribution in [0, 0.1) is 10.8 Å². The summed E-state index contributed by atoms with van der Waals surface area (Å²) < 4.78 is 9.13. The number of carboxylic acid groups (broad SMARTS) is 1. The van der Waals surface area contributed by atoms with E-state index in [-0.39, 0.29) is 29.3 Å². The summed E-state index contributed by atoms with van der Waals surface area (Å²) in [7, 11) is 0. The lowest BCUT2D eigenvalue weighted by molar-refractivity contribution is -0.151. The van der Waals surface area contributed by atoms with Crippen LogP contribution in [-0.4, -0.2) is 53.6 Å². The van der Waals surface area contributed by atoms with Crippen LogP contribution >= 0.6 is 0 Å². The van der Waals surface area contributed by atoms with Gasteiger partial charge in [-0.25, -0.2) is 14.5 Å². The molecule has 3 N–H and O–H groups in total. The molecule has 12 heteroatoms. The van der Waals surface area contributed by atoms with Gasteiger partial charge in [0.15, 0.2) is 11.5 Å². The monoisotopic (exact) mass is 557 g/mol. The summed E-state index contributed by atoms with van der Waals surface area (Å²) in [5.41, 5.74) is 1.44. The first-order valence-electron chi connectivity index (χ1n) is 13.6. The van der Waals surface area contributed by atoms with Gasteiger partial charge in [0.1, 0.15) is 23.7 Å². The molecule has 0 bridgehead atoms. The predicted molar refractivity (Wildman–Crippen MR) is 147 cm³/mol. The summed E-state index contributed by atoms with van der Waals surface area (Å²) >= 11 is 0. The van der Waals surface area contributed by atoms with E-state index in [1.807, 2.05) is 29.0 Å². The van der Waals surface area contributed by atoms with E-state index < -0.39 is 17.3 Å². The maximum atomic E-state index is 13.3. The molecule has 0 radical (unpaired) electrons. The van der Waals surface area contributed by atoms with Crippen LogP contribution < -0.4 is 15.4 Å². The lowest BCUT2D eigenvalue weighted by Crippen LogP contribution is -2.42. The Morgan fingerprint density at radius 1 is 1.02 bits per heavy atom. The Hall–Kier alpha value is -4.74. The second-order valence-electron chi connectivity index (χ2n) is 11.5. The van der Waals surface area contributed by atoms with Gasteiger partial charge in [-0.2, -0.15) is 5.10 Å². The average Bonchev–Trinajstić information content (AvgIpc) is 3.66. The molecule has 6 rings (SSSR count). The number of aliphatic carboxylic acids is 1. The van der Waals surface area contributed by atoms with E-state index >= 15 is 0 Å². The Bertz CT molecular complexity index is 1660. The average molecular weight is 558 g/mol. The summed E-state index contributed by atoms with van der Waals surface area (Å²) in [5, 5.41) is 19.6. The lowest BCUT2D eigenvalue weighted by atomic mass is 9.65. The van der Waals surface area contributed by atoms with Crippen molar-refractivity contribution in [3.63, 3.8) is 0 Å². The van der Waals surface area contributed by atoms with Gasteiger partial charge in [0, 0.05) is 37.6 Å². The van der Waals surface area contributed by atoms with Crippen LogP contribution in [0.2, 0.25) is 0 Å². The smallest absolute Gasteiger partial charge is 0.309 e. The highest BCUT2D eigenvalue weighted by atomic mass is 16.5. The van der Waals surface area contributed by atoms with Crippen LogP contribution in [0.4, 0.5) is 0 Å². The van der Waals surface area contributed by atoms with Crippen LogP contribution in [0.15, 0.2) is 48.9 Å². The van der Waals surface area contributed by atoms with E-state index in [1.54, 1.807) is 19.2 Å². The molecule has 0 spiro atoms. The van der Waals surface area contributed by atoms with Crippen LogP contribution in [0.25, 0.3) is 11.3 Å². The molecule has 0 saturated heterocycles. The maximum Gasteiger partial charge on any atom is 0.309 e. The van der Waals surface area contributed by atoms with Crippen LogP contribution in [0.1, 0.15) is 71.9 Å². The van der Waals surface area contributed by atoms with E-state index in [1.165, 1.54) is 16.8 Å². The first kappa shape index (κ1) is 26.5. The molecule has 1 aliphatic heterocycles. The minimum atomic E-state index is -0.778. The van der Waals surface area contributed by atoms with Crippen LogP contribution in [0.5, 0.6) is 5.75 Å². The minimum absolute atomic E-state index is 0.0995. The molecule has 1 aromatic carbocycles. The van der Waals surface area contributed by atoms with Gasteiger partial charge in [0.05, 0.1) is 17.3 Å². The number of rotatable bonds is 7. The van der Waals surface area contributed by atoms with Crippen molar-refractivity contribution in [3.8, 4) is 11.4 Å². The Morgan fingerprint density at radius 2 is 1.83 bits per heavy atom. The largest absolute Gasteiger partial charge is 0.483 e. The SMILES string of the molecule is CC1(CNC(=O)c2cc(C(=O)NCc3ccc4c(c3)-n3ccnc3CO4)nc3ccnn23)CCC(C)(C(=O)O)CC1. The Kier molecular flexibility index (Phi) is 6.47. The number of imidazole rings is 1. The Labute approximate surface area is 235 Å². The predicted octanol–water partition coefficient (Wildman–Crippen LogP) is 3.14. The van der Waals surface area contributed by atoms with Gasteiger partial charge in [0.25, 0.3) is 11.8 Å². The fourth-order valence-electron chi connectivity index (χ4n) is 5.43. The fourth-order valence-corrected chi connectivity index (χ4v) is 5.43. The molecule has 12 nitrogen and oxygen atoms in total. The third-order valence-corrected chi connectivity index (χ3v) is 8.39. The zero-order valence-corrected chi connectivity index (χ0v) is 22.9. The minimum Gasteiger partial charge on any atom is -0.483 e. The number of carbonyl (C=O) groups excluding carboxylic acids is 2. The number of hydrogen-bond acceptors (Lipinski definition) is 7. The quantitative estimate of drug-likeness (QED) is 0.313. The number of benzene rings is 1. The molecule has 1 aliphatic carbocycles. The number of carboxylic acids is 1. The molecular formula is C29H31N7O5. The molecule has 1 saturated carbocycles. The number of carbonyl (C=O) groups is 3. The third-order valence-electron chi connectivity index (χ3n) is 8.39. The molecule has 212 valence electrons. The van der Waals surface area contributed by atoms with Crippen molar-refractivity contribution in [1.82, 2.24) is 34.8 Å². The van der Waals surface area contributed by atoms with Crippen molar-refractivity contribution in [2.24, 2.45) is 10.8 Å². The highest BCUT2D eigenvalue weighted by molar-refractivity contribution is 5.98. The number of amides is 2. The first-order chi connectivity index (χ1) is 19.6. The second-order valence-corrected chi connectivity index (χ2v) is 11.5. The van der Waals surface area contributed by atoms with Crippen molar-refractivity contribution in [2.75, 3.05) is 6.54 Å². The molecule has 3 aromatic heterocycles. The number of ether oxygens (including phenoxy) is 1. The summed E-state index contributed by atoms with van der Waals surface area (Å²) in [6.07, 6.45) is 7.60. The van der Waals surface area contributed by atoms with Gasteiger partial charge in [-0.05, 0) is 55.7 Å². The second kappa shape index (κ2) is 10.0. The van der Waals surface area contributed by atoms with Gasteiger partial charge < -0.3 is 20.5 Å². The lowest BCUT2D eigenvalue weighted by Gasteiger charge is -2.41. The van der Waals surface area contributed by atoms with Crippen molar-refractivity contribution in [1.29, 1.82) is 0 Å². The summed E-state index contributed by atoms with van der Waals surface area (Å²) in [6.45, 7) is 4.87. The molecular weight excluding hydrogens is 526 g/mol. The zero-order valence-electron chi connectivity index (χ0n) is 22.9. The van der Waals surface area contributed by atoms with E-state index in [4.69, 9.17) is 4.74 Å². The molecule has 4 heterocycles. The summed E-state index contributed by atoms with van der Waals surface area (Å²) in [6, 6.07) is 8.77. The van der Waals surface area contributed by atoms with E-state index in [9.17, 15) is 19.5 Å². The summed E-state index contributed by atoms with van der Waals surface area (Å²) in [4.78, 5) is 46.8. The van der Waals surface area contributed by atoms with E-state index in [0.717, 1.165) is 22.8 Å². The number of hydrogen-bond donors (Lipinski definition) is 3. The Morgan fingerprint density at radius 3 is 2.61 bits per heavy atom. The zero-order chi connectivity index (χ0) is 28.8. The maximum absolute atomic E-state index is 13.3. The van der Waals surface area contributed by atoms with Crippen molar-refractivity contribution in [3.05, 3.63) is 71.7 Å². The highest BCUT2D eigenvalue weighted by Crippen LogP contribution is 2.45. The molecule has 0 atom stereocenters. The molecule has 2 aliphatic rings. The van der Waals surface area contributed by atoms with E-state index in [0.29, 0.717) is 44.5 Å². The van der Waals surface area contributed by atoms with Gasteiger partial charge in [0.2, 0.25) is 0 Å². The van der Waals surface area contributed by atoms with Crippen molar-refractivity contribution in [2.45, 2.75) is 52.7 Å². The molecule has 1 fully saturated rings. The number of nitrogens with zero attached hydrogens (tertiary/aromatic N) is 5. The number of fused-ring (bicyclic) bond motifs is 4. The topological polar surface area (TPSA) is 153 Å². The molecule has 0 unspecified atom stereocenters. The van der Waals surface area contributed by atoms with Crippen molar-refractivity contribution < 1.29 is 24.2 Å². The first-order valence-corrected chi connectivity index (χ1v) is 13.6. The van der Waals surface area contributed by atoms with Crippen LogP contribution in [0.3, 0.4) is 0 Å². The van der Waals surface area contributed by atoms with Gasteiger partial charge >= 0.3 is 5.97 Å². The van der Waals surface area contributed by atoms with Crippen molar-refractivity contribution >= 4 is 23.4 Å². The Balaban J connectivity index is 1.14. The molecule has 4 aromatic rings. The van der Waals surface area contributed by atoms with E-state index in [2.05, 4.69) is 32.6 Å². The van der Waals surface area contributed by atoms with Crippen LogP contribution in [-0.2, 0) is 17.9 Å². The molecule has 41 heavy (non-hydrogen) atoms. The highest BCUT2D eigenvalue weighted by Gasteiger charge is 2.42. The van der Waals surface area contributed by atoms with Gasteiger partial charge in [-0.3, -0.25) is 19.0 Å². The number of nitrogens with one attached hydrogen (secondary N) is 2. The number of aromatic nitrogens is 5. The summed E-state index contributed by atoms with van der Waals surface area (Å²) in [5.74, 6) is -0.0349. The molecule has 2 amide bonds. The van der Waals surface area contributed by atoms with Gasteiger partial charge in [-0.1, -0.05) is 13.0 Å². The third kappa shape index (κ3) is 5.01. The fraction of sp³-hybridized carbons (Fsp3) is 0.379. The van der Waals surface area contributed by atoms with Gasteiger partial charge in [-0.15, -0.1) is 0 Å². The standard InChI is InChI=1S/C29H31N7O5/c1-28(6-8-29(2,9-7-28)27(39)40)17-32-26(38)21-14-19(34-23-5-10-33-36(21)23)25(37)31-15-18-3-4-22-20(13-18)35-12-11-30-24(35)16-41-22/h3-5,10-14H,6-9,15-17H2,1-2H3,(H,31,37)(H,32,38)(H,39,40). The normalized spacial score (nSPS) is 21.4.